The van der Waals surface area contributed by atoms with Crippen molar-refractivity contribution in [1.82, 2.24) is 10.2 Å². The number of aryl methyl sites for hydroxylation is 1. The average Bonchev–Trinajstić information content (AvgIpc) is 2.99. The normalized spacial score (nSPS) is 15.4. The van der Waals surface area contributed by atoms with Gasteiger partial charge in [-0.25, -0.2) is 0 Å². The summed E-state index contributed by atoms with van der Waals surface area (Å²) in [6.45, 7) is 2.12. The van der Waals surface area contributed by atoms with Crippen LogP contribution in [0.5, 0.6) is 0 Å². The van der Waals surface area contributed by atoms with Crippen molar-refractivity contribution in [2.24, 2.45) is 5.92 Å². The summed E-state index contributed by atoms with van der Waals surface area (Å²) in [4.78, 5) is 12.7. The third-order valence-electron chi connectivity index (χ3n) is 4.68. The fraction of sp³-hybridized carbons (Fsp3) is 0.474. The Labute approximate surface area is 148 Å². The van der Waals surface area contributed by atoms with Crippen LogP contribution in [0, 0.1) is 5.92 Å². The highest BCUT2D eigenvalue weighted by atomic mass is 35.5. The smallest absolute Gasteiger partial charge is 0.227 e. The van der Waals surface area contributed by atoms with Crippen molar-refractivity contribution in [1.29, 1.82) is 0 Å². The Morgan fingerprint density at radius 1 is 1.25 bits per heavy atom. The van der Waals surface area contributed by atoms with E-state index in [4.69, 9.17) is 11.6 Å². The van der Waals surface area contributed by atoms with Crippen LogP contribution in [-0.4, -0.2) is 16.1 Å². The quantitative estimate of drug-likeness (QED) is 0.782. The van der Waals surface area contributed by atoms with E-state index in [1.54, 1.807) is 0 Å². The lowest BCUT2D eigenvalue weighted by Crippen LogP contribution is -2.25. The van der Waals surface area contributed by atoms with E-state index in [9.17, 15) is 4.79 Å². The average molecular weight is 346 g/mol. The van der Waals surface area contributed by atoms with Gasteiger partial charge in [0.25, 0.3) is 0 Å². The largest absolute Gasteiger partial charge is 0.322 e. The summed E-state index contributed by atoms with van der Waals surface area (Å²) in [5.74, 6) is 0.255. The summed E-state index contributed by atoms with van der Waals surface area (Å²) in [6, 6.07) is 7.56. The molecule has 1 aliphatic carbocycles. The molecule has 1 aliphatic rings. The summed E-state index contributed by atoms with van der Waals surface area (Å²) in [7, 11) is 0. The van der Waals surface area contributed by atoms with Crippen molar-refractivity contribution in [2.75, 3.05) is 5.32 Å². The third-order valence-corrected chi connectivity index (χ3v) is 4.94. The van der Waals surface area contributed by atoms with E-state index in [0.717, 1.165) is 61.2 Å². The van der Waals surface area contributed by atoms with Crippen LogP contribution in [0.3, 0.4) is 0 Å². The summed E-state index contributed by atoms with van der Waals surface area (Å²) in [6.07, 6.45) is 7.37. The molecule has 5 heteroatoms. The van der Waals surface area contributed by atoms with Gasteiger partial charge < -0.3 is 5.32 Å². The molecule has 4 nitrogen and oxygen atoms in total. The van der Waals surface area contributed by atoms with Crippen molar-refractivity contribution in [3.63, 3.8) is 0 Å². The topological polar surface area (TPSA) is 57.8 Å². The molecule has 1 aromatic heterocycles. The van der Waals surface area contributed by atoms with Crippen LogP contribution in [0.4, 0.5) is 5.69 Å². The molecule has 128 valence electrons. The van der Waals surface area contributed by atoms with Crippen LogP contribution in [0.15, 0.2) is 24.3 Å². The first kappa shape index (κ1) is 17.0. The number of hydrogen-bond donors (Lipinski definition) is 2. The van der Waals surface area contributed by atoms with Crippen LogP contribution in [0.2, 0.25) is 5.02 Å². The van der Waals surface area contributed by atoms with Gasteiger partial charge in [0.15, 0.2) is 0 Å². The number of carbonyl (C=O) groups excluding carboxylic acids is 1. The Kier molecular flexibility index (Phi) is 5.56. The number of carbonyl (C=O) groups is 1. The molecule has 0 spiro atoms. The Balaban J connectivity index is 1.87. The minimum Gasteiger partial charge on any atom is -0.322 e. The lowest BCUT2D eigenvalue weighted by Gasteiger charge is -2.21. The van der Waals surface area contributed by atoms with E-state index in [0.29, 0.717) is 5.02 Å². The second-order valence-electron chi connectivity index (χ2n) is 6.51. The van der Waals surface area contributed by atoms with Gasteiger partial charge >= 0.3 is 0 Å². The maximum atomic E-state index is 12.7. The number of benzene rings is 1. The number of halogens is 1. The minimum absolute atomic E-state index is 0.126. The molecule has 2 N–H and O–H groups in total. The summed E-state index contributed by atoms with van der Waals surface area (Å²) < 4.78 is 0. The van der Waals surface area contributed by atoms with Crippen molar-refractivity contribution in [2.45, 2.75) is 51.9 Å². The molecule has 0 bridgehead atoms. The Morgan fingerprint density at radius 3 is 2.62 bits per heavy atom. The lowest BCUT2D eigenvalue weighted by atomic mass is 9.88. The molecular weight excluding hydrogens is 322 g/mol. The van der Waals surface area contributed by atoms with Gasteiger partial charge in [0.2, 0.25) is 5.91 Å². The molecular formula is C19H24ClN3O. The van der Waals surface area contributed by atoms with Crippen LogP contribution in [-0.2, 0) is 11.2 Å². The maximum Gasteiger partial charge on any atom is 0.227 e. The van der Waals surface area contributed by atoms with Crippen molar-refractivity contribution in [3.05, 3.63) is 35.0 Å². The van der Waals surface area contributed by atoms with Crippen LogP contribution in [0.25, 0.3) is 11.3 Å². The third kappa shape index (κ3) is 3.81. The van der Waals surface area contributed by atoms with E-state index < -0.39 is 0 Å². The molecule has 1 aromatic carbocycles. The molecule has 1 amide bonds. The number of H-pyrrole nitrogens is 1. The summed E-state index contributed by atoms with van der Waals surface area (Å²) >= 11 is 5.98. The zero-order chi connectivity index (χ0) is 16.9. The van der Waals surface area contributed by atoms with E-state index in [2.05, 4.69) is 22.4 Å². The molecule has 1 saturated carbocycles. The van der Waals surface area contributed by atoms with Crippen molar-refractivity contribution < 1.29 is 4.79 Å². The minimum atomic E-state index is 0.126. The summed E-state index contributed by atoms with van der Waals surface area (Å²) in [5, 5.41) is 11.4. The van der Waals surface area contributed by atoms with E-state index in [1.165, 1.54) is 6.42 Å². The predicted molar refractivity (Wildman–Crippen MR) is 98.2 cm³/mol. The fourth-order valence-corrected chi connectivity index (χ4v) is 3.48. The van der Waals surface area contributed by atoms with E-state index >= 15 is 0 Å². The monoisotopic (exact) mass is 345 g/mol. The Bertz CT molecular complexity index is 687. The highest BCUT2D eigenvalue weighted by molar-refractivity contribution is 6.30. The van der Waals surface area contributed by atoms with Gasteiger partial charge in [-0.15, -0.1) is 0 Å². The lowest BCUT2D eigenvalue weighted by molar-refractivity contribution is -0.120. The molecule has 0 aliphatic heterocycles. The molecule has 1 fully saturated rings. The molecule has 0 atom stereocenters. The number of rotatable bonds is 5. The Hall–Kier alpha value is -1.81. The van der Waals surface area contributed by atoms with Gasteiger partial charge in [0, 0.05) is 16.5 Å². The molecule has 0 radical (unpaired) electrons. The SMILES string of the molecule is CCCc1[nH]nc(-c2ccc(Cl)cc2)c1NC(=O)C1CCCCC1. The Morgan fingerprint density at radius 2 is 1.96 bits per heavy atom. The van der Waals surface area contributed by atoms with Gasteiger partial charge in [-0.3, -0.25) is 9.89 Å². The second kappa shape index (κ2) is 7.84. The van der Waals surface area contributed by atoms with Crippen molar-refractivity contribution >= 4 is 23.2 Å². The zero-order valence-corrected chi connectivity index (χ0v) is 14.8. The van der Waals surface area contributed by atoms with E-state index in [-0.39, 0.29) is 11.8 Å². The number of hydrogen-bond acceptors (Lipinski definition) is 2. The zero-order valence-electron chi connectivity index (χ0n) is 14.1. The standard InChI is InChI=1S/C19H24ClN3O/c1-2-6-16-18(21-19(24)14-7-4-3-5-8-14)17(23-22-16)13-9-11-15(20)12-10-13/h9-12,14H,2-8H2,1H3,(H,21,24)(H,22,23). The molecule has 0 unspecified atom stereocenters. The van der Waals surface area contributed by atoms with Crippen LogP contribution < -0.4 is 5.32 Å². The van der Waals surface area contributed by atoms with Gasteiger partial charge in [-0.05, 0) is 31.4 Å². The number of amides is 1. The molecule has 3 rings (SSSR count). The molecule has 1 heterocycles. The van der Waals surface area contributed by atoms with Gasteiger partial charge in [-0.1, -0.05) is 56.3 Å². The first-order valence-corrected chi connectivity index (χ1v) is 9.21. The number of anilines is 1. The first-order chi connectivity index (χ1) is 11.7. The molecule has 24 heavy (non-hydrogen) atoms. The van der Waals surface area contributed by atoms with Gasteiger partial charge in [-0.2, -0.15) is 5.10 Å². The number of aromatic nitrogens is 2. The van der Waals surface area contributed by atoms with E-state index in [1.807, 2.05) is 24.3 Å². The maximum absolute atomic E-state index is 12.7. The summed E-state index contributed by atoms with van der Waals surface area (Å²) in [5.41, 5.74) is 3.57. The van der Waals surface area contributed by atoms with Gasteiger partial charge in [0.05, 0.1) is 11.4 Å². The number of aromatic amines is 1. The highest BCUT2D eigenvalue weighted by Crippen LogP contribution is 2.32. The van der Waals surface area contributed by atoms with Gasteiger partial charge in [0.1, 0.15) is 5.69 Å². The van der Waals surface area contributed by atoms with Crippen LogP contribution >= 0.6 is 11.6 Å². The van der Waals surface area contributed by atoms with Crippen LogP contribution in [0.1, 0.15) is 51.1 Å². The fourth-order valence-electron chi connectivity index (χ4n) is 3.35. The number of nitrogens with zero attached hydrogens (tertiary/aromatic N) is 1. The second-order valence-corrected chi connectivity index (χ2v) is 6.94. The number of nitrogens with one attached hydrogen (secondary N) is 2. The molecule has 0 saturated heterocycles. The molecule has 2 aromatic rings. The highest BCUT2D eigenvalue weighted by Gasteiger charge is 2.24. The van der Waals surface area contributed by atoms with Crippen molar-refractivity contribution in [3.8, 4) is 11.3 Å². The predicted octanol–water partition coefficient (Wildman–Crippen LogP) is 5.20. The first-order valence-electron chi connectivity index (χ1n) is 8.83.